The highest BCUT2D eigenvalue weighted by molar-refractivity contribution is 6.04. The summed E-state index contributed by atoms with van der Waals surface area (Å²) in [4.78, 5) is 16.9. The number of nitrogens with two attached hydrogens (primary N) is 2. The highest BCUT2D eigenvalue weighted by Gasteiger charge is 2.30. The van der Waals surface area contributed by atoms with Crippen molar-refractivity contribution in [2.75, 3.05) is 24.9 Å². The Kier molecular flexibility index (Phi) is 5.51. The molecule has 0 spiro atoms. The summed E-state index contributed by atoms with van der Waals surface area (Å²) in [6.45, 7) is 0. The van der Waals surface area contributed by atoms with E-state index in [0.29, 0.717) is 23.1 Å². The largest absolute Gasteiger partial charge is 0.497 e. The highest BCUT2D eigenvalue weighted by Crippen LogP contribution is 2.32. The molecule has 2 heterocycles. The van der Waals surface area contributed by atoms with E-state index in [-0.39, 0.29) is 17.0 Å². The Morgan fingerprint density at radius 3 is 2.42 bits per heavy atom. The summed E-state index contributed by atoms with van der Waals surface area (Å²) >= 11 is 0. The van der Waals surface area contributed by atoms with Crippen molar-refractivity contribution in [2.24, 2.45) is 11.5 Å². The molecule has 1 aromatic carbocycles. The summed E-state index contributed by atoms with van der Waals surface area (Å²) in [5.74, 6) is 1.12. The Labute approximate surface area is 179 Å². The summed E-state index contributed by atoms with van der Waals surface area (Å²) < 4.78 is 12.2. The molecular weight excluding hydrogens is 400 g/mol. The lowest BCUT2D eigenvalue weighted by molar-refractivity contribution is 0.100. The number of benzene rings is 1. The first-order chi connectivity index (χ1) is 14.9. The zero-order chi connectivity index (χ0) is 22.0. The van der Waals surface area contributed by atoms with Crippen LogP contribution in [-0.2, 0) is 0 Å². The van der Waals surface area contributed by atoms with Gasteiger partial charge in [0.1, 0.15) is 23.4 Å². The van der Waals surface area contributed by atoms with Crippen molar-refractivity contribution in [3.05, 3.63) is 30.1 Å². The fourth-order valence-electron chi connectivity index (χ4n) is 3.83. The van der Waals surface area contributed by atoms with Crippen LogP contribution >= 0.6 is 0 Å². The van der Waals surface area contributed by atoms with Crippen molar-refractivity contribution in [3.8, 4) is 11.5 Å². The maximum absolute atomic E-state index is 12.3. The van der Waals surface area contributed by atoms with Gasteiger partial charge in [-0.1, -0.05) is 6.42 Å². The zero-order valence-corrected chi connectivity index (χ0v) is 17.5. The van der Waals surface area contributed by atoms with E-state index in [0.717, 1.165) is 32.1 Å². The molecule has 11 heteroatoms. The fourth-order valence-corrected chi connectivity index (χ4v) is 3.83. The van der Waals surface area contributed by atoms with Crippen LogP contribution in [0.1, 0.15) is 42.5 Å². The maximum Gasteiger partial charge on any atom is 0.256 e. The Bertz CT molecular complexity index is 1080. The predicted octanol–water partition coefficient (Wildman–Crippen LogP) is 2.01. The number of methoxy groups -OCH3 is 2. The number of ether oxygens (including phenoxy) is 2. The SMILES string of the molecule is COc1cc(Nc2nc(NC3(N)CCCCC3)n3cnnc3c2C(N)=O)cc(OC)c1. The molecule has 31 heavy (non-hydrogen) atoms. The van der Waals surface area contributed by atoms with Gasteiger partial charge in [0.25, 0.3) is 5.91 Å². The predicted molar refractivity (Wildman–Crippen MR) is 116 cm³/mol. The number of fused-ring (bicyclic) bond motifs is 1. The maximum atomic E-state index is 12.3. The molecule has 3 aromatic rings. The topological polar surface area (TPSA) is 155 Å². The van der Waals surface area contributed by atoms with Crippen LogP contribution in [0.4, 0.5) is 17.5 Å². The first kappa shape index (κ1) is 20.7. The molecule has 0 saturated heterocycles. The second kappa shape index (κ2) is 8.26. The number of carbonyl (C=O) groups excluding carboxylic acids is 1. The molecule has 1 fully saturated rings. The van der Waals surface area contributed by atoms with Crippen LogP contribution in [0.25, 0.3) is 5.65 Å². The monoisotopic (exact) mass is 426 g/mol. The van der Waals surface area contributed by atoms with Crippen LogP contribution in [0.5, 0.6) is 11.5 Å². The number of hydrogen-bond donors (Lipinski definition) is 4. The average molecular weight is 426 g/mol. The molecule has 164 valence electrons. The number of primary amides is 1. The molecule has 1 aliphatic carbocycles. The molecule has 6 N–H and O–H groups in total. The molecule has 0 unspecified atom stereocenters. The van der Waals surface area contributed by atoms with Gasteiger partial charge in [0, 0.05) is 23.9 Å². The third-order valence-corrected chi connectivity index (χ3v) is 5.42. The third-order valence-electron chi connectivity index (χ3n) is 5.42. The summed E-state index contributed by atoms with van der Waals surface area (Å²) in [5, 5.41) is 14.5. The first-order valence-corrected chi connectivity index (χ1v) is 10.0. The molecule has 0 aliphatic heterocycles. The molecule has 11 nitrogen and oxygen atoms in total. The van der Waals surface area contributed by atoms with Gasteiger partial charge in [0.05, 0.1) is 19.9 Å². The number of nitrogens with zero attached hydrogens (tertiary/aromatic N) is 4. The molecular formula is C20H26N8O3. The van der Waals surface area contributed by atoms with Gasteiger partial charge in [-0.25, -0.2) is 0 Å². The lowest BCUT2D eigenvalue weighted by Gasteiger charge is -2.34. The van der Waals surface area contributed by atoms with Crippen LogP contribution < -0.4 is 31.6 Å². The number of carbonyl (C=O) groups is 1. The van der Waals surface area contributed by atoms with Crippen molar-refractivity contribution in [1.29, 1.82) is 0 Å². The van der Waals surface area contributed by atoms with E-state index in [9.17, 15) is 4.79 Å². The van der Waals surface area contributed by atoms with Gasteiger partial charge in [-0.3, -0.25) is 9.20 Å². The Balaban J connectivity index is 1.80. The molecule has 0 bridgehead atoms. The second-order valence-electron chi connectivity index (χ2n) is 7.62. The zero-order valence-electron chi connectivity index (χ0n) is 17.5. The van der Waals surface area contributed by atoms with E-state index in [1.807, 2.05) is 0 Å². The Hall–Kier alpha value is -3.60. The number of anilines is 3. The smallest absolute Gasteiger partial charge is 0.256 e. The van der Waals surface area contributed by atoms with E-state index in [4.69, 9.17) is 20.9 Å². The quantitative estimate of drug-likeness (QED) is 0.415. The van der Waals surface area contributed by atoms with Crippen molar-refractivity contribution >= 4 is 29.0 Å². The van der Waals surface area contributed by atoms with Gasteiger partial charge in [-0.15, -0.1) is 10.2 Å². The lowest BCUT2D eigenvalue weighted by Crippen LogP contribution is -2.49. The van der Waals surface area contributed by atoms with Crippen LogP contribution in [0, 0.1) is 0 Å². The summed E-state index contributed by atoms with van der Waals surface area (Å²) in [6.07, 6.45) is 6.31. The molecule has 4 rings (SSSR count). The fraction of sp³-hybridized carbons (Fsp3) is 0.400. The summed E-state index contributed by atoms with van der Waals surface area (Å²) in [7, 11) is 3.11. The minimum absolute atomic E-state index is 0.111. The number of hydrogen-bond acceptors (Lipinski definition) is 9. The van der Waals surface area contributed by atoms with E-state index < -0.39 is 11.6 Å². The van der Waals surface area contributed by atoms with Crippen LogP contribution in [0.15, 0.2) is 24.5 Å². The number of aromatic nitrogens is 4. The summed E-state index contributed by atoms with van der Waals surface area (Å²) in [6, 6.07) is 5.24. The minimum Gasteiger partial charge on any atom is -0.497 e. The third kappa shape index (κ3) is 4.17. The molecule has 1 aliphatic rings. The van der Waals surface area contributed by atoms with Gasteiger partial charge >= 0.3 is 0 Å². The second-order valence-corrected chi connectivity index (χ2v) is 7.62. The summed E-state index contributed by atoms with van der Waals surface area (Å²) in [5.41, 5.74) is 12.6. The molecule has 1 amide bonds. The van der Waals surface area contributed by atoms with Crippen molar-refractivity contribution in [3.63, 3.8) is 0 Å². The van der Waals surface area contributed by atoms with E-state index >= 15 is 0 Å². The molecule has 0 radical (unpaired) electrons. The lowest BCUT2D eigenvalue weighted by atomic mass is 9.90. The Morgan fingerprint density at radius 2 is 1.81 bits per heavy atom. The molecule has 2 aromatic heterocycles. The van der Waals surface area contributed by atoms with Gasteiger partial charge in [0.15, 0.2) is 11.5 Å². The highest BCUT2D eigenvalue weighted by atomic mass is 16.5. The van der Waals surface area contributed by atoms with E-state index in [1.165, 1.54) is 6.33 Å². The van der Waals surface area contributed by atoms with Crippen LogP contribution in [-0.4, -0.2) is 45.4 Å². The average Bonchev–Trinajstić information content (AvgIpc) is 3.23. The van der Waals surface area contributed by atoms with Gasteiger partial charge < -0.3 is 31.6 Å². The van der Waals surface area contributed by atoms with Crippen molar-refractivity contribution < 1.29 is 14.3 Å². The standard InChI is InChI=1S/C20H26N8O3/c1-30-13-8-12(9-14(10-13)31-2)24-17-15(16(21)29)18-27-23-11-28(18)19(25-17)26-20(22)6-4-3-5-7-20/h8-11,24H,3-7,22H2,1-2H3,(H2,21,29)(H,25,26). The number of nitrogens with one attached hydrogen (secondary N) is 2. The normalized spacial score (nSPS) is 15.5. The van der Waals surface area contributed by atoms with Crippen LogP contribution in [0.3, 0.4) is 0 Å². The van der Waals surface area contributed by atoms with Crippen molar-refractivity contribution in [1.82, 2.24) is 19.6 Å². The van der Waals surface area contributed by atoms with Crippen molar-refractivity contribution in [2.45, 2.75) is 37.8 Å². The number of amides is 1. The number of rotatable bonds is 7. The molecule has 1 saturated carbocycles. The first-order valence-electron chi connectivity index (χ1n) is 10.0. The van der Waals surface area contributed by atoms with E-state index in [1.54, 1.807) is 36.8 Å². The molecule has 0 atom stereocenters. The Morgan fingerprint density at radius 1 is 1.13 bits per heavy atom. The van der Waals surface area contributed by atoms with Gasteiger partial charge in [-0.05, 0) is 25.7 Å². The van der Waals surface area contributed by atoms with Gasteiger partial charge in [0.2, 0.25) is 5.95 Å². The minimum atomic E-state index is -0.686. The van der Waals surface area contributed by atoms with Gasteiger partial charge in [-0.2, -0.15) is 4.98 Å². The van der Waals surface area contributed by atoms with E-state index in [2.05, 4.69) is 25.8 Å². The van der Waals surface area contributed by atoms with Crippen LogP contribution in [0.2, 0.25) is 0 Å².